The summed E-state index contributed by atoms with van der Waals surface area (Å²) in [6, 6.07) is 7.29. The van der Waals surface area contributed by atoms with Crippen molar-refractivity contribution in [1.82, 2.24) is 19.9 Å². The van der Waals surface area contributed by atoms with Crippen molar-refractivity contribution in [2.45, 2.75) is 25.3 Å². The lowest BCUT2D eigenvalue weighted by Gasteiger charge is -2.25. The number of hydrogen-bond acceptors (Lipinski definition) is 5. The first-order chi connectivity index (χ1) is 11.7. The molecule has 0 saturated carbocycles. The zero-order chi connectivity index (χ0) is 16.5. The second-order valence-electron chi connectivity index (χ2n) is 5.88. The van der Waals surface area contributed by atoms with E-state index in [0.717, 1.165) is 36.3 Å². The van der Waals surface area contributed by atoms with E-state index < -0.39 is 0 Å². The van der Waals surface area contributed by atoms with Crippen molar-refractivity contribution in [2.24, 2.45) is 0 Å². The van der Waals surface area contributed by atoms with Crippen LogP contribution in [0.15, 0.2) is 36.9 Å². The summed E-state index contributed by atoms with van der Waals surface area (Å²) in [5, 5.41) is 0.633. The van der Waals surface area contributed by atoms with Gasteiger partial charge in [-0.05, 0) is 24.5 Å². The maximum Gasteiger partial charge on any atom is 0.182 e. The highest BCUT2D eigenvalue weighted by molar-refractivity contribution is 6.31. The molecule has 1 aliphatic rings. The number of aromatic amines is 1. The molecular formula is C17H16ClN5O. The van der Waals surface area contributed by atoms with Crippen LogP contribution in [0.2, 0.25) is 5.02 Å². The summed E-state index contributed by atoms with van der Waals surface area (Å²) >= 11 is 6.19. The Balaban J connectivity index is 1.62. The summed E-state index contributed by atoms with van der Waals surface area (Å²) in [7, 11) is 0. The highest BCUT2D eigenvalue weighted by Crippen LogP contribution is 2.29. The number of hydrogen-bond donors (Lipinski definition) is 1. The van der Waals surface area contributed by atoms with Crippen molar-refractivity contribution in [2.75, 3.05) is 11.4 Å². The van der Waals surface area contributed by atoms with E-state index in [9.17, 15) is 4.79 Å². The molecule has 1 N–H and O–H groups in total. The molecule has 1 aromatic carbocycles. The van der Waals surface area contributed by atoms with E-state index in [2.05, 4.69) is 24.8 Å². The van der Waals surface area contributed by atoms with E-state index in [1.807, 2.05) is 24.3 Å². The Hall–Kier alpha value is -2.47. The molecule has 0 amide bonds. The largest absolute Gasteiger partial charge is 0.345 e. The molecule has 1 unspecified atom stereocenters. The predicted molar refractivity (Wildman–Crippen MR) is 92.2 cm³/mol. The Morgan fingerprint density at radius 2 is 2.17 bits per heavy atom. The number of ketones is 1. The van der Waals surface area contributed by atoms with E-state index in [4.69, 9.17) is 11.6 Å². The van der Waals surface area contributed by atoms with Crippen LogP contribution in [0.25, 0.3) is 11.2 Å². The topological polar surface area (TPSA) is 74.8 Å². The average Bonchev–Trinajstić information content (AvgIpc) is 3.25. The van der Waals surface area contributed by atoms with Crippen LogP contribution in [0.3, 0.4) is 0 Å². The summed E-state index contributed by atoms with van der Waals surface area (Å²) in [4.78, 5) is 30.7. The number of rotatable bonds is 4. The Morgan fingerprint density at radius 3 is 3.04 bits per heavy atom. The van der Waals surface area contributed by atoms with Crippen LogP contribution in [-0.4, -0.2) is 38.3 Å². The Bertz CT molecular complexity index is 893. The summed E-state index contributed by atoms with van der Waals surface area (Å²) in [6.07, 6.45) is 5.20. The first-order valence-corrected chi connectivity index (χ1v) is 8.28. The van der Waals surface area contributed by atoms with Crippen molar-refractivity contribution in [1.29, 1.82) is 0 Å². The summed E-state index contributed by atoms with van der Waals surface area (Å²) in [6.45, 7) is 0.796. The lowest BCUT2D eigenvalue weighted by atomic mass is 10.0. The predicted octanol–water partition coefficient (Wildman–Crippen LogP) is 2.79. The fraction of sp³-hybridized carbons (Fsp3) is 0.294. The van der Waals surface area contributed by atoms with Crippen LogP contribution < -0.4 is 4.90 Å². The molecule has 0 bridgehead atoms. The maximum atomic E-state index is 12.9. The normalized spacial score (nSPS) is 17.5. The van der Waals surface area contributed by atoms with Crippen LogP contribution >= 0.6 is 11.6 Å². The first kappa shape index (κ1) is 15.1. The minimum Gasteiger partial charge on any atom is -0.345 e. The molecule has 24 heavy (non-hydrogen) atoms. The SMILES string of the molecule is O=C(Cc1ccccc1Cl)C1CCCN1c1ncnc2nc[nH]c12. The zero-order valence-electron chi connectivity index (χ0n) is 12.9. The fourth-order valence-corrected chi connectivity index (χ4v) is 3.47. The second kappa shape index (κ2) is 6.20. The molecule has 4 rings (SSSR count). The summed E-state index contributed by atoms with van der Waals surface area (Å²) < 4.78 is 0. The standard InChI is InChI=1S/C17H16ClN5O/c18-12-5-2-1-4-11(12)8-14(24)13-6-3-7-23(13)17-15-16(20-9-19-15)21-10-22-17/h1-2,4-5,9-10,13H,3,6-8H2,(H,19,20,21,22). The van der Waals surface area contributed by atoms with E-state index in [0.29, 0.717) is 17.1 Å². The highest BCUT2D eigenvalue weighted by Gasteiger charge is 2.33. The zero-order valence-corrected chi connectivity index (χ0v) is 13.7. The van der Waals surface area contributed by atoms with E-state index in [1.54, 1.807) is 6.33 Å². The van der Waals surface area contributed by atoms with Crippen molar-refractivity contribution in [3.63, 3.8) is 0 Å². The van der Waals surface area contributed by atoms with Crippen molar-refractivity contribution < 1.29 is 4.79 Å². The minimum atomic E-state index is -0.192. The second-order valence-corrected chi connectivity index (χ2v) is 6.29. The van der Waals surface area contributed by atoms with Gasteiger partial charge in [0.05, 0.1) is 12.4 Å². The number of nitrogens with one attached hydrogen (secondary N) is 1. The Morgan fingerprint density at radius 1 is 1.29 bits per heavy atom. The number of benzene rings is 1. The highest BCUT2D eigenvalue weighted by atomic mass is 35.5. The number of fused-ring (bicyclic) bond motifs is 1. The number of H-pyrrole nitrogens is 1. The quantitative estimate of drug-likeness (QED) is 0.789. The van der Waals surface area contributed by atoms with Gasteiger partial charge in [0, 0.05) is 18.0 Å². The molecule has 0 aliphatic carbocycles. The maximum absolute atomic E-state index is 12.9. The van der Waals surface area contributed by atoms with Gasteiger partial charge in [-0.25, -0.2) is 15.0 Å². The number of anilines is 1. The van der Waals surface area contributed by atoms with Crippen LogP contribution in [0, 0.1) is 0 Å². The third-order valence-electron chi connectivity index (χ3n) is 4.42. The number of halogens is 1. The van der Waals surface area contributed by atoms with Crippen LogP contribution in [0.5, 0.6) is 0 Å². The molecule has 0 spiro atoms. The van der Waals surface area contributed by atoms with Crippen LogP contribution in [0.1, 0.15) is 18.4 Å². The van der Waals surface area contributed by atoms with Gasteiger partial charge in [0.15, 0.2) is 17.2 Å². The molecule has 1 saturated heterocycles. The molecule has 3 aromatic rings. The average molecular weight is 342 g/mol. The molecule has 1 aliphatic heterocycles. The van der Waals surface area contributed by atoms with Crippen LogP contribution in [0.4, 0.5) is 5.82 Å². The monoisotopic (exact) mass is 341 g/mol. The molecule has 1 fully saturated rings. The molecule has 6 nitrogen and oxygen atoms in total. The Kier molecular flexibility index (Phi) is 3.90. The Labute approximate surface area is 143 Å². The summed E-state index contributed by atoms with van der Waals surface area (Å²) in [5.74, 6) is 0.902. The third-order valence-corrected chi connectivity index (χ3v) is 4.79. The van der Waals surface area contributed by atoms with Gasteiger partial charge in [-0.1, -0.05) is 29.8 Å². The lowest BCUT2D eigenvalue weighted by Crippen LogP contribution is -2.37. The smallest absolute Gasteiger partial charge is 0.182 e. The van der Waals surface area contributed by atoms with Gasteiger partial charge in [-0.15, -0.1) is 0 Å². The molecule has 3 heterocycles. The molecular weight excluding hydrogens is 326 g/mol. The van der Waals surface area contributed by atoms with Crippen molar-refractivity contribution >= 4 is 34.4 Å². The molecule has 2 aromatic heterocycles. The number of carbonyl (C=O) groups excluding carboxylic acids is 1. The number of carbonyl (C=O) groups is 1. The molecule has 7 heteroatoms. The molecule has 0 radical (unpaired) electrons. The molecule has 1 atom stereocenters. The summed E-state index contributed by atoms with van der Waals surface area (Å²) in [5.41, 5.74) is 2.25. The van der Waals surface area contributed by atoms with E-state index in [-0.39, 0.29) is 11.8 Å². The van der Waals surface area contributed by atoms with Gasteiger partial charge >= 0.3 is 0 Å². The van der Waals surface area contributed by atoms with Crippen molar-refractivity contribution in [3.05, 3.63) is 47.5 Å². The van der Waals surface area contributed by atoms with Gasteiger partial charge in [-0.3, -0.25) is 4.79 Å². The first-order valence-electron chi connectivity index (χ1n) is 7.91. The number of Topliss-reactive ketones (excluding diaryl/α,β-unsaturated/α-hetero) is 1. The van der Waals surface area contributed by atoms with Gasteiger partial charge < -0.3 is 9.88 Å². The van der Waals surface area contributed by atoms with Gasteiger partial charge in [0.25, 0.3) is 0 Å². The fourth-order valence-electron chi connectivity index (χ4n) is 3.27. The van der Waals surface area contributed by atoms with Gasteiger partial charge in [0.2, 0.25) is 0 Å². The third kappa shape index (κ3) is 2.63. The molecule has 122 valence electrons. The lowest BCUT2D eigenvalue weighted by molar-refractivity contribution is -0.119. The van der Waals surface area contributed by atoms with Crippen LogP contribution in [-0.2, 0) is 11.2 Å². The van der Waals surface area contributed by atoms with E-state index >= 15 is 0 Å². The number of aromatic nitrogens is 4. The minimum absolute atomic E-state index is 0.159. The number of imidazole rings is 1. The van der Waals surface area contributed by atoms with E-state index in [1.165, 1.54) is 6.33 Å². The van der Waals surface area contributed by atoms with Gasteiger partial charge in [0.1, 0.15) is 11.8 Å². The number of nitrogens with zero attached hydrogens (tertiary/aromatic N) is 4. The van der Waals surface area contributed by atoms with Gasteiger partial charge in [-0.2, -0.15) is 0 Å². The van der Waals surface area contributed by atoms with Crippen molar-refractivity contribution in [3.8, 4) is 0 Å².